The van der Waals surface area contributed by atoms with E-state index in [1.165, 1.54) is 19.1 Å². The first-order chi connectivity index (χ1) is 14.0. The van der Waals surface area contributed by atoms with Gasteiger partial charge in [-0.25, -0.2) is 4.79 Å². The van der Waals surface area contributed by atoms with E-state index in [-0.39, 0.29) is 23.8 Å². The number of para-hydroxylation sites is 1. The number of carbonyl (C=O) groups excluding carboxylic acids is 3. The minimum absolute atomic E-state index is 0.0432. The van der Waals surface area contributed by atoms with Gasteiger partial charge in [0.15, 0.2) is 30.0 Å². The van der Waals surface area contributed by atoms with Crippen molar-refractivity contribution in [2.75, 3.05) is 18.7 Å². The van der Waals surface area contributed by atoms with Crippen LogP contribution in [0.1, 0.15) is 30.6 Å². The third kappa shape index (κ3) is 5.04. The number of rotatable bonds is 8. The Hall–Kier alpha value is -3.55. The lowest BCUT2D eigenvalue weighted by Gasteiger charge is -2.16. The Morgan fingerprint density at radius 1 is 1.10 bits per heavy atom. The fraction of sp³-hybridized carbons (Fsp3) is 0.286. The number of fused-ring (bicyclic) bond motifs is 1. The monoisotopic (exact) mass is 399 g/mol. The molecule has 1 amide bonds. The SMILES string of the molecule is CC[C@H](Oc1ccccc1)C(=O)OCC(=O)Nc1cc2c(cc1C(C)=O)OCO2. The zero-order chi connectivity index (χ0) is 20.8. The van der Waals surface area contributed by atoms with E-state index in [4.69, 9.17) is 18.9 Å². The molecule has 0 fully saturated rings. The molecule has 8 nitrogen and oxygen atoms in total. The molecule has 1 N–H and O–H groups in total. The maximum Gasteiger partial charge on any atom is 0.347 e. The Labute approximate surface area is 167 Å². The highest BCUT2D eigenvalue weighted by atomic mass is 16.7. The van der Waals surface area contributed by atoms with E-state index in [0.717, 1.165) is 0 Å². The van der Waals surface area contributed by atoms with Gasteiger partial charge in [0.25, 0.3) is 5.91 Å². The summed E-state index contributed by atoms with van der Waals surface area (Å²) in [5, 5.41) is 2.57. The van der Waals surface area contributed by atoms with E-state index in [0.29, 0.717) is 23.7 Å². The third-order valence-electron chi connectivity index (χ3n) is 4.17. The summed E-state index contributed by atoms with van der Waals surface area (Å²) < 4.78 is 21.2. The molecule has 152 valence electrons. The van der Waals surface area contributed by atoms with Gasteiger partial charge in [-0.2, -0.15) is 0 Å². The van der Waals surface area contributed by atoms with Crippen molar-refractivity contribution in [3.8, 4) is 17.2 Å². The quantitative estimate of drug-likeness (QED) is 0.538. The largest absolute Gasteiger partial charge is 0.479 e. The van der Waals surface area contributed by atoms with E-state index in [2.05, 4.69) is 5.32 Å². The number of Topliss-reactive ketones (excluding diaryl/α,β-unsaturated/α-hetero) is 1. The van der Waals surface area contributed by atoms with Gasteiger partial charge < -0.3 is 24.3 Å². The summed E-state index contributed by atoms with van der Waals surface area (Å²) in [5.74, 6) is -0.101. The number of esters is 1. The number of nitrogens with one attached hydrogen (secondary N) is 1. The Morgan fingerprint density at radius 3 is 2.45 bits per heavy atom. The van der Waals surface area contributed by atoms with Gasteiger partial charge in [-0.05, 0) is 31.5 Å². The zero-order valence-corrected chi connectivity index (χ0v) is 16.1. The third-order valence-corrected chi connectivity index (χ3v) is 4.17. The maximum absolute atomic E-state index is 12.2. The molecule has 0 saturated carbocycles. The van der Waals surface area contributed by atoms with Gasteiger partial charge in [-0.15, -0.1) is 0 Å². The molecule has 0 unspecified atom stereocenters. The van der Waals surface area contributed by atoms with Crippen molar-refractivity contribution in [2.45, 2.75) is 26.4 Å². The lowest BCUT2D eigenvalue weighted by Crippen LogP contribution is -2.31. The van der Waals surface area contributed by atoms with Crippen LogP contribution < -0.4 is 19.5 Å². The van der Waals surface area contributed by atoms with Crippen LogP contribution in [0.3, 0.4) is 0 Å². The first kappa shape index (κ1) is 20.2. The number of amides is 1. The van der Waals surface area contributed by atoms with Crippen LogP contribution in [0.4, 0.5) is 5.69 Å². The molecule has 0 saturated heterocycles. The van der Waals surface area contributed by atoms with Crippen molar-refractivity contribution in [2.24, 2.45) is 0 Å². The second-order valence-electron chi connectivity index (χ2n) is 6.29. The highest BCUT2D eigenvalue weighted by Gasteiger charge is 2.23. The number of hydrogen-bond donors (Lipinski definition) is 1. The van der Waals surface area contributed by atoms with E-state index in [1.807, 2.05) is 6.07 Å². The van der Waals surface area contributed by atoms with Crippen LogP contribution in [0.5, 0.6) is 17.2 Å². The van der Waals surface area contributed by atoms with Gasteiger partial charge >= 0.3 is 5.97 Å². The highest BCUT2D eigenvalue weighted by molar-refractivity contribution is 6.05. The maximum atomic E-state index is 12.2. The molecule has 1 aliphatic rings. The highest BCUT2D eigenvalue weighted by Crippen LogP contribution is 2.37. The van der Waals surface area contributed by atoms with E-state index in [1.54, 1.807) is 31.2 Å². The summed E-state index contributed by atoms with van der Waals surface area (Å²) >= 11 is 0. The number of benzene rings is 2. The molecule has 1 heterocycles. The van der Waals surface area contributed by atoms with Crippen molar-refractivity contribution in [3.63, 3.8) is 0 Å². The second kappa shape index (κ2) is 9.09. The van der Waals surface area contributed by atoms with Crippen molar-refractivity contribution < 1.29 is 33.3 Å². The minimum atomic E-state index is -0.830. The van der Waals surface area contributed by atoms with Crippen LogP contribution in [0, 0.1) is 0 Å². The number of anilines is 1. The molecular formula is C21H21NO7. The van der Waals surface area contributed by atoms with Crippen molar-refractivity contribution in [1.82, 2.24) is 0 Å². The fourth-order valence-corrected chi connectivity index (χ4v) is 2.71. The summed E-state index contributed by atoms with van der Waals surface area (Å²) in [7, 11) is 0. The summed E-state index contributed by atoms with van der Waals surface area (Å²) in [4.78, 5) is 36.4. The van der Waals surface area contributed by atoms with Crippen LogP contribution in [0.2, 0.25) is 0 Å². The summed E-state index contributed by atoms with van der Waals surface area (Å²) in [6.07, 6.45) is -0.449. The molecule has 0 bridgehead atoms. The Bertz CT molecular complexity index is 911. The van der Waals surface area contributed by atoms with Crippen molar-refractivity contribution >= 4 is 23.3 Å². The number of ketones is 1. The van der Waals surface area contributed by atoms with Gasteiger partial charge in [0.2, 0.25) is 6.79 Å². The predicted molar refractivity (Wildman–Crippen MR) is 103 cm³/mol. The predicted octanol–water partition coefficient (Wildman–Crippen LogP) is 2.96. The Kier molecular flexibility index (Phi) is 6.33. The molecule has 2 aromatic carbocycles. The molecule has 1 aliphatic heterocycles. The van der Waals surface area contributed by atoms with Crippen LogP contribution in [-0.4, -0.2) is 37.2 Å². The Balaban J connectivity index is 1.59. The van der Waals surface area contributed by atoms with Crippen LogP contribution >= 0.6 is 0 Å². The molecule has 8 heteroatoms. The number of ether oxygens (including phenoxy) is 4. The number of carbonyl (C=O) groups is 3. The standard InChI is InChI=1S/C21H21NO7/c1-3-17(29-14-7-5-4-6-8-14)21(25)26-11-20(24)22-16-10-19-18(27-12-28-19)9-15(16)13(2)23/h4-10,17H,3,11-12H2,1-2H3,(H,22,24)/t17-/m0/s1. The molecule has 3 rings (SSSR count). The van der Waals surface area contributed by atoms with Crippen molar-refractivity contribution in [3.05, 3.63) is 48.0 Å². The van der Waals surface area contributed by atoms with E-state index in [9.17, 15) is 14.4 Å². The zero-order valence-electron chi connectivity index (χ0n) is 16.1. The molecule has 0 radical (unpaired) electrons. The van der Waals surface area contributed by atoms with Gasteiger partial charge in [0.1, 0.15) is 5.75 Å². The fourth-order valence-electron chi connectivity index (χ4n) is 2.71. The van der Waals surface area contributed by atoms with Gasteiger partial charge in [-0.1, -0.05) is 25.1 Å². The smallest absolute Gasteiger partial charge is 0.347 e. The van der Waals surface area contributed by atoms with E-state index < -0.39 is 24.6 Å². The summed E-state index contributed by atoms with van der Waals surface area (Å²) in [5.41, 5.74) is 0.531. The normalized spacial score (nSPS) is 12.8. The topological polar surface area (TPSA) is 100 Å². The number of hydrogen-bond acceptors (Lipinski definition) is 7. The molecule has 1 atom stereocenters. The van der Waals surface area contributed by atoms with Gasteiger partial charge in [0.05, 0.1) is 5.69 Å². The van der Waals surface area contributed by atoms with E-state index >= 15 is 0 Å². The first-order valence-corrected chi connectivity index (χ1v) is 9.10. The summed E-state index contributed by atoms with van der Waals surface area (Å²) in [6, 6.07) is 11.9. The lowest BCUT2D eigenvalue weighted by atomic mass is 10.1. The summed E-state index contributed by atoms with van der Waals surface area (Å²) in [6.45, 7) is 2.68. The average Bonchev–Trinajstić information content (AvgIpc) is 3.17. The molecule has 0 aliphatic carbocycles. The van der Waals surface area contributed by atoms with Crippen LogP contribution in [0.15, 0.2) is 42.5 Å². The molecule has 29 heavy (non-hydrogen) atoms. The lowest BCUT2D eigenvalue weighted by molar-refractivity contribution is -0.154. The Morgan fingerprint density at radius 2 is 1.79 bits per heavy atom. The van der Waals surface area contributed by atoms with Gasteiger partial charge in [0, 0.05) is 11.6 Å². The molecule has 2 aromatic rings. The van der Waals surface area contributed by atoms with Crippen LogP contribution in [0.25, 0.3) is 0 Å². The molecule has 0 spiro atoms. The van der Waals surface area contributed by atoms with Crippen molar-refractivity contribution in [1.29, 1.82) is 0 Å². The average molecular weight is 399 g/mol. The second-order valence-corrected chi connectivity index (χ2v) is 6.29. The minimum Gasteiger partial charge on any atom is -0.479 e. The van der Waals surface area contributed by atoms with Crippen LogP contribution in [-0.2, 0) is 14.3 Å². The molecular weight excluding hydrogens is 378 g/mol. The molecule has 0 aromatic heterocycles. The van der Waals surface area contributed by atoms with Gasteiger partial charge in [-0.3, -0.25) is 9.59 Å². The first-order valence-electron chi connectivity index (χ1n) is 9.10.